The Balaban J connectivity index is 3.03. The summed E-state index contributed by atoms with van der Waals surface area (Å²) in [5.74, 6) is 2.00. The zero-order chi connectivity index (χ0) is 10.6. The monoisotopic (exact) mass is 191 g/mol. The topological polar surface area (TPSA) is 20.3 Å². The van der Waals surface area contributed by atoms with Crippen LogP contribution in [0.1, 0.15) is 10.4 Å². The molecular weight excluding hydrogens is 181 g/mol. The molecule has 0 atom stereocenters. The van der Waals surface area contributed by atoms with Crippen LogP contribution in [0.5, 0.6) is 0 Å². The Kier molecular flexibility index (Phi) is 3.24. The van der Waals surface area contributed by atoms with E-state index in [2.05, 4.69) is 5.92 Å². The molecule has 3 heteroatoms. The van der Waals surface area contributed by atoms with Gasteiger partial charge in [0, 0.05) is 18.3 Å². The number of terminal acetylenes is 1. The Labute approximate surface area is 82.3 Å². The van der Waals surface area contributed by atoms with E-state index >= 15 is 0 Å². The first-order chi connectivity index (χ1) is 6.67. The Morgan fingerprint density at radius 1 is 1.57 bits per heavy atom. The van der Waals surface area contributed by atoms with Crippen molar-refractivity contribution in [1.82, 2.24) is 0 Å². The summed E-state index contributed by atoms with van der Waals surface area (Å²) < 4.78 is 13.0. The molecule has 0 aliphatic rings. The predicted octanol–water partition coefficient (Wildman–Crippen LogP) is 1.71. The third-order valence-corrected chi connectivity index (χ3v) is 1.81. The maximum absolute atomic E-state index is 13.0. The van der Waals surface area contributed by atoms with Crippen molar-refractivity contribution in [3.8, 4) is 12.3 Å². The number of hydrogen-bond acceptors (Lipinski definition) is 2. The average Bonchev–Trinajstić information content (AvgIpc) is 2.17. The number of nitrogens with zero attached hydrogens (tertiary/aromatic N) is 1. The van der Waals surface area contributed by atoms with E-state index in [9.17, 15) is 9.18 Å². The number of benzene rings is 1. The van der Waals surface area contributed by atoms with Gasteiger partial charge >= 0.3 is 0 Å². The molecule has 0 saturated carbocycles. The Hall–Kier alpha value is -1.82. The minimum Gasteiger partial charge on any atom is -0.363 e. The van der Waals surface area contributed by atoms with Gasteiger partial charge in [0.1, 0.15) is 12.1 Å². The normalized spacial score (nSPS) is 9.21. The molecule has 0 heterocycles. The van der Waals surface area contributed by atoms with Crippen LogP contribution in [0.15, 0.2) is 18.2 Å². The van der Waals surface area contributed by atoms with Crippen molar-refractivity contribution in [2.45, 2.75) is 0 Å². The molecule has 0 fully saturated rings. The van der Waals surface area contributed by atoms with Gasteiger partial charge in [0.05, 0.1) is 6.54 Å². The molecule has 0 bridgehead atoms. The molecule has 0 unspecified atom stereocenters. The number of carbonyl (C=O) groups excluding carboxylic acids is 1. The smallest absolute Gasteiger partial charge is 0.150 e. The van der Waals surface area contributed by atoms with Crippen LogP contribution in [0.2, 0.25) is 0 Å². The number of hydrogen-bond donors (Lipinski definition) is 0. The molecule has 1 aromatic carbocycles. The van der Waals surface area contributed by atoms with Crippen molar-refractivity contribution in [2.24, 2.45) is 0 Å². The number of halogens is 1. The summed E-state index contributed by atoms with van der Waals surface area (Å²) >= 11 is 0. The molecule has 0 amide bonds. The third kappa shape index (κ3) is 2.33. The SMILES string of the molecule is C#CCN(C)c1cc(F)cc(C=O)c1. The number of anilines is 1. The van der Waals surface area contributed by atoms with Gasteiger partial charge < -0.3 is 4.90 Å². The standard InChI is InChI=1S/C11H10FNO/c1-3-4-13(2)11-6-9(8-14)5-10(12)7-11/h1,5-8H,4H2,2H3. The molecule has 0 N–H and O–H groups in total. The van der Waals surface area contributed by atoms with Gasteiger partial charge in [0.2, 0.25) is 0 Å². The summed E-state index contributed by atoms with van der Waals surface area (Å²) in [5.41, 5.74) is 0.911. The van der Waals surface area contributed by atoms with E-state index in [1.807, 2.05) is 0 Å². The first-order valence-electron chi connectivity index (χ1n) is 4.07. The average molecular weight is 191 g/mol. The minimum absolute atomic E-state index is 0.309. The molecule has 1 aromatic rings. The molecule has 72 valence electrons. The summed E-state index contributed by atoms with van der Waals surface area (Å²) in [6, 6.07) is 4.11. The Bertz CT molecular complexity index is 381. The molecule has 0 radical (unpaired) electrons. The first-order valence-corrected chi connectivity index (χ1v) is 4.07. The molecule has 2 nitrogen and oxygen atoms in total. The summed E-state index contributed by atoms with van der Waals surface area (Å²) in [6.07, 6.45) is 5.73. The van der Waals surface area contributed by atoms with Crippen molar-refractivity contribution in [3.05, 3.63) is 29.6 Å². The number of aldehydes is 1. The highest BCUT2D eigenvalue weighted by Gasteiger charge is 2.03. The van der Waals surface area contributed by atoms with Crippen molar-refractivity contribution in [3.63, 3.8) is 0 Å². The van der Waals surface area contributed by atoms with Gasteiger partial charge in [-0.2, -0.15) is 0 Å². The van der Waals surface area contributed by atoms with Crippen LogP contribution in [-0.2, 0) is 0 Å². The maximum atomic E-state index is 13.0. The highest BCUT2D eigenvalue weighted by Crippen LogP contribution is 2.16. The quantitative estimate of drug-likeness (QED) is 0.535. The van der Waals surface area contributed by atoms with E-state index in [0.29, 0.717) is 24.1 Å². The molecule has 0 aliphatic heterocycles. The molecule has 1 rings (SSSR count). The lowest BCUT2D eigenvalue weighted by Gasteiger charge is -2.16. The largest absolute Gasteiger partial charge is 0.363 e. The zero-order valence-electron chi connectivity index (χ0n) is 7.83. The highest BCUT2D eigenvalue weighted by molar-refractivity contribution is 5.77. The van der Waals surface area contributed by atoms with Crippen LogP contribution in [0.3, 0.4) is 0 Å². The van der Waals surface area contributed by atoms with Gasteiger partial charge in [-0.25, -0.2) is 4.39 Å². The molecule has 0 saturated heterocycles. The van der Waals surface area contributed by atoms with Gasteiger partial charge in [0.25, 0.3) is 0 Å². The van der Waals surface area contributed by atoms with E-state index in [4.69, 9.17) is 6.42 Å². The summed E-state index contributed by atoms with van der Waals surface area (Å²) in [4.78, 5) is 12.2. The summed E-state index contributed by atoms with van der Waals surface area (Å²) in [7, 11) is 1.74. The van der Waals surface area contributed by atoms with Gasteiger partial charge in [-0.05, 0) is 18.2 Å². The Morgan fingerprint density at radius 3 is 2.86 bits per heavy atom. The minimum atomic E-state index is -0.437. The zero-order valence-corrected chi connectivity index (χ0v) is 7.83. The van der Waals surface area contributed by atoms with Gasteiger partial charge in [0.15, 0.2) is 0 Å². The maximum Gasteiger partial charge on any atom is 0.150 e. The van der Waals surface area contributed by atoms with E-state index in [-0.39, 0.29) is 0 Å². The summed E-state index contributed by atoms with van der Waals surface area (Å²) in [6.45, 7) is 0.377. The van der Waals surface area contributed by atoms with Crippen molar-refractivity contribution >= 4 is 12.0 Å². The Morgan fingerprint density at radius 2 is 2.29 bits per heavy atom. The van der Waals surface area contributed by atoms with Gasteiger partial charge in [-0.3, -0.25) is 4.79 Å². The van der Waals surface area contributed by atoms with Crippen molar-refractivity contribution in [1.29, 1.82) is 0 Å². The van der Waals surface area contributed by atoms with Crippen LogP contribution in [-0.4, -0.2) is 19.9 Å². The second-order valence-corrected chi connectivity index (χ2v) is 2.92. The van der Waals surface area contributed by atoms with Crippen LogP contribution < -0.4 is 4.90 Å². The van der Waals surface area contributed by atoms with Gasteiger partial charge in [-0.15, -0.1) is 6.42 Å². The number of carbonyl (C=O) groups is 1. The fourth-order valence-corrected chi connectivity index (χ4v) is 1.11. The lowest BCUT2D eigenvalue weighted by molar-refractivity contribution is 0.112. The lowest BCUT2D eigenvalue weighted by Crippen LogP contribution is -2.17. The lowest BCUT2D eigenvalue weighted by atomic mass is 10.2. The van der Waals surface area contributed by atoms with Gasteiger partial charge in [-0.1, -0.05) is 5.92 Å². The molecule has 0 aromatic heterocycles. The van der Waals surface area contributed by atoms with E-state index in [1.165, 1.54) is 12.1 Å². The second kappa shape index (κ2) is 4.43. The van der Waals surface area contributed by atoms with E-state index < -0.39 is 5.82 Å². The third-order valence-electron chi connectivity index (χ3n) is 1.81. The van der Waals surface area contributed by atoms with Crippen LogP contribution in [0, 0.1) is 18.2 Å². The predicted molar refractivity (Wildman–Crippen MR) is 53.9 cm³/mol. The molecular formula is C11H10FNO. The molecule has 0 aliphatic carbocycles. The van der Waals surface area contributed by atoms with Crippen LogP contribution in [0.25, 0.3) is 0 Å². The van der Waals surface area contributed by atoms with E-state index in [1.54, 1.807) is 18.0 Å². The number of rotatable bonds is 3. The molecule has 0 spiro atoms. The van der Waals surface area contributed by atoms with Crippen molar-refractivity contribution < 1.29 is 9.18 Å². The fraction of sp³-hybridized carbons (Fsp3) is 0.182. The second-order valence-electron chi connectivity index (χ2n) is 2.92. The first kappa shape index (κ1) is 10.3. The van der Waals surface area contributed by atoms with E-state index in [0.717, 1.165) is 0 Å². The molecule has 14 heavy (non-hydrogen) atoms. The van der Waals surface area contributed by atoms with Crippen molar-refractivity contribution in [2.75, 3.05) is 18.5 Å². The highest BCUT2D eigenvalue weighted by atomic mass is 19.1. The van der Waals surface area contributed by atoms with Crippen LogP contribution in [0.4, 0.5) is 10.1 Å². The fourth-order valence-electron chi connectivity index (χ4n) is 1.11. The summed E-state index contributed by atoms with van der Waals surface area (Å²) in [5, 5.41) is 0. The van der Waals surface area contributed by atoms with Crippen LogP contribution >= 0.6 is 0 Å².